The first-order valence-electron chi connectivity index (χ1n) is 8.80. The maximum atomic E-state index is 12.2. The van der Waals surface area contributed by atoms with Crippen molar-refractivity contribution in [2.45, 2.75) is 50.9 Å². The van der Waals surface area contributed by atoms with Crippen molar-refractivity contribution in [3.05, 3.63) is 18.5 Å². The zero-order valence-electron chi connectivity index (χ0n) is 13.8. The Bertz CT molecular complexity index is 541. The molecule has 126 valence electrons. The van der Waals surface area contributed by atoms with E-state index in [0.29, 0.717) is 18.0 Å². The third-order valence-electron chi connectivity index (χ3n) is 5.79. The maximum Gasteiger partial charge on any atom is 0.220 e. The van der Waals surface area contributed by atoms with Gasteiger partial charge in [0, 0.05) is 51.1 Å². The standard InChI is InChI=1S/C17H26N4O2/c1-13(22)21-16(11-20-6-2-5-18-20)9-14-10-19(7-3-17(14)21)15-4-8-23-12-15/h2,5-6,14-17H,3-4,7-12H2,1H3/t14-,15+,16-,17+/m1/s1. The van der Waals surface area contributed by atoms with Crippen molar-refractivity contribution in [2.75, 3.05) is 26.3 Å². The predicted octanol–water partition coefficient (Wildman–Crippen LogP) is 0.983. The quantitative estimate of drug-likeness (QED) is 0.834. The molecule has 1 aromatic rings. The molecule has 0 N–H and O–H groups in total. The van der Waals surface area contributed by atoms with Gasteiger partial charge < -0.3 is 9.64 Å². The number of fused-ring (bicyclic) bond motifs is 1. The van der Waals surface area contributed by atoms with Crippen molar-refractivity contribution in [3.63, 3.8) is 0 Å². The van der Waals surface area contributed by atoms with E-state index in [9.17, 15) is 4.79 Å². The highest BCUT2D eigenvalue weighted by Gasteiger charge is 2.46. The van der Waals surface area contributed by atoms with Crippen LogP contribution in [0.25, 0.3) is 0 Å². The molecular weight excluding hydrogens is 292 g/mol. The Morgan fingerprint density at radius 3 is 3.00 bits per heavy atom. The van der Waals surface area contributed by atoms with Gasteiger partial charge in [-0.25, -0.2) is 0 Å². The monoisotopic (exact) mass is 318 g/mol. The summed E-state index contributed by atoms with van der Waals surface area (Å²) in [5.74, 6) is 0.807. The number of hydrogen-bond donors (Lipinski definition) is 0. The van der Waals surface area contributed by atoms with Crippen LogP contribution >= 0.6 is 0 Å². The molecule has 4 rings (SSSR count). The van der Waals surface area contributed by atoms with E-state index in [1.165, 1.54) is 0 Å². The first-order valence-corrected chi connectivity index (χ1v) is 8.80. The number of carbonyl (C=O) groups excluding carboxylic acids is 1. The van der Waals surface area contributed by atoms with Crippen molar-refractivity contribution in [1.29, 1.82) is 0 Å². The number of hydrogen-bond acceptors (Lipinski definition) is 4. The lowest BCUT2D eigenvalue weighted by molar-refractivity contribution is -0.133. The largest absolute Gasteiger partial charge is 0.380 e. The molecule has 6 nitrogen and oxygen atoms in total. The molecule has 4 heterocycles. The highest BCUT2D eigenvalue weighted by atomic mass is 16.5. The summed E-state index contributed by atoms with van der Waals surface area (Å²) in [6.07, 6.45) is 7.14. The van der Waals surface area contributed by atoms with Gasteiger partial charge in [-0.2, -0.15) is 5.10 Å². The van der Waals surface area contributed by atoms with Gasteiger partial charge in [0.25, 0.3) is 0 Å². The third-order valence-corrected chi connectivity index (χ3v) is 5.79. The second-order valence-electron chi connectivity index (χ2n) is 7.17. The van der Waals surface area contributed by atoms with Crippen LogP contribution in [0, 0.1) is 5.92 Å². The molecule has 0 unspecified atom stereocenters. The highest BCUT2D eigenvalue weighted by Crippen LogP contribution is 2.37. The molecule has 1 aromatic heterocycles. The predicted molar refractivity (Wildman–Crippen MR) is 85.8 cm³/mol. The first kappa shape index (κ1) is 15.1. The second kappa shape index (κ2) is 6.24. The average molecular weight is 318 g/mol. The number of likely N-dealkylation sites (tertiary alicyclic amines) is 2. The van der Waals surface area contributed by atoms with E-state index in [4.69, 9.17) is 4.74 Å². The first-order chi connectivity index (χ1) is 11.2. The molecule has 3 aliphatic heterocycles. The maximum absolute atomic E-state index is 12.2. The number of nitrogens with zero attached hydrogens (tertiary/aromatic N) is 4. The summed E-state index contributed by atoms with van der Waals surface area (Å²) in [4.78, 5) is 17.0. The summed E-state index contributed by atoms with van der Waals surface area (Å²) in [5, 5.41) is 4.32. The average Bonchev–Trinajstić information content (AvgIpc) is 3.27. The van der Waals surface area contributed by atoms with Crippen LogP contribution < -0.4 is 0 Å². The topological polar surface area (TPSA) is 50.6 Å². The number of piperidine rings is 1. The molecular formula is C17H26N4O2. The summed E-state index contributed by atoms with van der Waals surface area (Å²) in [7, 11) is 0. The van der Waals surface area contributed by atoms with Crippen LogP contribution in [-0.2, 0) is 16.1 Å². The Hall–Kier alpha value is -1.40. The van der Waals surface area contributed by atoms with Gasteiger partial charge in [0.05, 0.1) is 19.2 Å². The molecule has 3 aliphatic rings. The minimum atomic E-state index is 0.215. The second-order valence-corrected chi connectivity index (χ2v) is 7.17. The smallest absolute Gasteiger partial charge is 0.220 e. The lowest BCUT2D eigenvalue weighted by Crippen LogP contribution is -2.51. The zero-order valence-corrected chi connectivity index (χ0v) is 13.8. The summed E-state index contributed by atoms with van der Waals surface area (Å²) in [6, 6.07) is 3.22. The van der Waals surface area contributed by atoms with Crippen LogP contribution in [0.1, 0.15) is 26.2 Å². The van der Waals surface area contributed by atoms with Crippen molar-refractivity contribution in [2.24, 2.45) is 5.92 Å². The molecule has 0 aliphatic carbocycles. The van der Waals surface area contributed by atoms with Gasteiger partial charge in [-0.15, -0.1) is 0 Å². The molecule has 0 aromatic carbocycles. The van der Waals surface area contributed by atoms with Crippen LogP contribution in [-0.4, -0.2) is 69.9 Å². The van der Waals surface area contributed by atoms with Crippen molar-refractivity contribution >= 4 is 5.91 Å². The Balaban J connectivity index is 1.47. The molecule has 3 fully saturated rings. The molecule has 1 amide bonds. The SMILES string of the molecule is CC(=O)N1[C@@H](Cn2cccn2)C[C@@H]2CN([C@H]3CCOC3)CC[C@@H]21. The van der Waals surface area contributed by atoms with E-state index in [0.717, 1.165) is 52.1 Å². The van der Waals surface area contributed by atoms with Crippen LogP contribution in [0.5, 0.6) is 0 Å². The van der Waals surface area contributed by atoms with E-state index in [1.807, 2.05) is 23.1 Å². The van der Waals surface area contributed by atoms with E-state index >= 15 is 0 Å². The van der Waals surface area contributed by atoms with E-state index < -0.39 is 0 Å². The molecule has 23 heavy (non-hydrogen) atoms. The number of carbonyl (C=O) groups is 1. The molecule has 0 saturated carbocycles. The van der Waals surface area contributed by atoms with Crippen molar-refractivity contribution in [1.82, 2.24) is 19.6 Å². The molecule has 0 bridgehead atoms. The van der Waals surface area contributed by atoms with Gasteiger partial charge in [-0.05, 0) is 31.2 Å². The number of ether oxygens (including phenoxy) is 1. The van der Waals surface area contributed by atoms with Crippen LogP contribution in [0.15, 0.2) is 18.5 Å². The molecule has 0 radical (unpaired) electrons. The normalized spacial score (nSPS) is 34.7. The van der Waals surface area contributed by atoms with Gasteiger partial charge in [0.2, 0.25) is 5.91 Å². The fourth-order valence-electron chi connectivity index (χ4n) is 4.80. The van der Waals surface area contributed by atoms with Gasteiger partial charge >= 0.3 is 0 Å². The Morgan fingerprint density at radius 2 is 2.30 bits per heavy atom. The van der Waals surface area contributed by atoms with Crippen LogP contribution in [0.3, 0.4) is 0 Å². The van der Waals surface area contributed by atoms with Crippen LogP contribution in [0.2, 0.25) is 0 Å². The molecule has 0 spiro atoms. The molecule has 3 saturated heterocycles. The van der Waals surface area contributed by atoms with E-state index in [2.05, 4.69) is 14.9 Å². The molecule has 6 heteroatoms. The van der Waals surface area contributed by atoms with Gasteiger partial charge in [-0.1, -0.05) is 0 Å². The third kappa shape index (κ3) is 2.90. The molecule has 4 atom stereocenters. The number of aromatic nitrogens is 2. The minimum absolute atomic E-state index is 0.215. The fourth-order valence-corrected chi connectivity index (χ4v) is 4.80. The van der Waals surface area contributed by atoms with Gasteiger partial charge in [0.15, 0.2) is 0 Å². The lowest BCUT2D eigenvalue weighted by Gasteiger charge is -2.40. The van der Waals surface area contributed by atoms with Gasteiger partial charge in [0.1, 0.15) is 0 Å². The summed E-state index contributed by atoms with van der Waals surface area (Å²) in [6.45, 7) is 6.51. The number of rotatable bonds is 3. The van der Waals surface area contributed by atoms with Crippen LogP contribution in [0.4, 0.5) is 0 Å². The summed E-state index contributed by atoms with van der Waals surface area (Å²) in [5.41, 5.74) is 0. The van der Waals surface area contributed by atoms with E-state index in [-0.39, 0.29) is 11.9 Å². The Labute approximate surface area is 137 Å². The van der Waals surface area contributed by atoms with Crippen molar-refractivity contribution in [3.8, 4) is 0 Å². The Morgan fingerprint density at radius 1 is 1.39 bits per heavy atom. The zero-order chi connectivity index (χ0) is 15.8. The highest BCUT2D eigenvalue weighted by molar-refractivity contribution is 5.74. The summed E-state index contributed by atoms with van der Waals surface area (Å²) < 4.78 is 7.51. The lowest BCUT2D eigenvalue weighted by atomic mass is 9.91. The Kier molecular flexibility index (Phi) is 4.11. The van der Waals surface area contributed by atoms with E-state index in [1.54, 1.807) is 6.92 Å². The fraction of sp³-hybridized carbons (Fsp3) is 0.765. The minimum Gasteiger partial charge on any atom is -0.380 e. The number of amides is 1. The van der Waals surface area contributed by atoms with Gasteiger partial charge in [-0.3, -0.25) is 14.4 Å². The van der Waals surface area contributed by atoms with Crippen molar-refractivity contribution < 1.29 is 9.53 Å². The summed E-state index contributed by atoms with van der Waals surface area (Å²) >= 11 is 0.